The van der Waals surface area contributed by atoms with Crippen LogP contribution in [0.1, 0.15) is 36.8 Å². The molecule has 0 bridgehead atoms. The first-order chi connectivity index (χ1) is 20.5. The first-order valence-corrected chi connectivity index (χ1v) is 14.9. The number of pyridine rings is 1. The molecule has 2 aliphatic rings. The van der Waals surface area contributed by atoms with Crippen LogP contribution < -0.4 is 5.32 Å². The van der Waals surface area contributed by atoms with Crippen LogP contribution in [0.3, 0.4) is 0 Å². The van der Waals surface area contributed by atoms with Gasteiger partial charge in [-0.2, -0.15) is 0 Å². The molecule has 218 valence electrons. The summed E-state index contributed by atoms with van der Waals surface area (Å²) in [5.74, 6) is 0.254. The van der Waals surface area contributed by atoms with Crippen LogP contribution in [0.4, 0.5) is 17.2 Å². The van der Waals surface area contributed by atoms with Gasteiger partial charge in [-0.15, -0.1) is 0 Å². The molecule has 0 unspecified atom stereocenters. The number of likely N-dealkylation sites (tertiary alicyclic amines) is 2. The summed E-state index contributed by atoms with van der Waals surface area (Å²) in [6, 6.07) is 18.8. The Morgan fingerprint density at radius 1 is 0.881 bits per heavy atom. The van der Waals surface area contributed by atoms with E-state index < -0.39 is 4.92 Å². The van der Waals surface area contributed by atoms with E-state index in [0.717, 1.165) is 35.6 Å². The molecule has 5 aromatic rings. The second-order valence-corrected chi connectivity index (χ2v) is 11.6. The summed E-state index contributed by atoms with van der Waals surface area (Å²) in [4.78, 5) is 26.5. The number of aromatic nitrogens is 3. The van der Waals surface area contributed by atoms with Gasteiger partial charge in [0.05, 0.1) is 4.92 Å². The smallest absolute Gasteiger partial charge is 0.311 e. The maximum atomic E-state index is 11.2. The molecule has 3 aromatic heterocycles. The molecule has 5 heterocycles. The number of H-pyrrole nitrogens is 2. The number of anilines is 2. The molecule has 7 rings (SSSR count). The lowest BCUT2D eigenvalue weighted by molar-refractivity contribution is -0.384. The SMILES string of the molecule is CN1CCC[C@@H]1Cc1c[nH]c2ccc(Nc3ncccc3[N+](=O)[O-])cc12.CN1CCC[C@@H]1Cc1c[nH]c2ccccc12. The van der Waals surface area contributed by atoms with Crippen LogP contribution in [-0.4, -0.2) is 68.9 Å². The largest absolute Gasteiger partial charge is 0.361 e. The van der Waals surface area contributed by atoms with Gasteiger partial charge in [-0.05, 0) is 107 Å². The monoisotopic (exact) mass is 565 g/mol. The fourth-order valence-corrected chi connectivity index (χ4v) is 6.48. The van der Waals surface area contributed by atoms with E-state index in [9.17, 15) is 10.1 Å². The highest BCUT2D eigenvalue weighted by atomic mass is 16.6. The van der Waals surface area contributed by atoms with Crippen LogP contribution in [0, 0.1) is 10.1 Å². The molecule has 0 saturated carbocycles. The number of benzene rings is 2. The zero-order valence-electron chi connectivity index (χ0n) is 24.3. The first kappa shape index (κ1) is 27.9. The van der Waals surface area contributed by atoms with E-state index in [-0.39, 0.29) is 11.5 Å². The van der Waals surface area contributed by atoms with Gasteiger partial charge < -0.3 is 25.1 Å². The van der Waals surface area contributed by atoms with Crippen LogP contribution in [0.25, 0.3) is 21.8 Å². The van der Waals surface area contributed by atoms with Gasteiger partial charge in [0.15, 0.2) is 0 Å². The van der Waals surface area contributed by atoms with E-state index in [1.807, 2.05) is 18.2 Å². The molecule has 42 heavy (non-hydrogen) atoms. The van der Waals surface area contributed by atoms with Crippen LogP contribution >= 0.6 is 0 Å². The van der Waals surface area contributed by atoms with Crippen molar-refractivity contribution in [1.82, 2.24) is 24.8 Å². The summed E-state index contributed by atoms with van der Waals surface area (Å²) in [6.45, 7) is 2.41. The minimum absolute atomic E-state index is 0.0329. The van der Waals surface area contributed by atoms with Crippen LogP contribution in [0.15, 0.2) is 73.2 Å². The lowest BCUT2D eigenvalue weighted by atomic mass is 10.0. The third-order valence-electron chi connectivity index (χ3n) is 8.94. The van der Waals surface area contributed by atoms with Crippen molar-refractivity contribution < 1.29 is 4.92 Å². The van der Waals surface area contributed by atoms with Crippen molar-refractivity contribution in [3.05, 3.63) is 94.4 Å². The average Bonchev–Trinajstić information content (AvgIpc) is 3.79. The fraction of sp³-hybridized carbons (Fsp3) is 0.364. The summed E-state index contributed by atoms with van der Waals surface area (Å²) in [6.07, 6.45) is 13.1. The molecule has 2 atom stereocenters. The second kappa shape index (κ2) is 12.3. The van der Waals surface area contributed by atoms with Gasteiger partial charge in [-0.3, -0.25) is 10.1 Å². The van der Waals surface area contributed by atoms with E-state index in [2.05, 4.69) is 80.8 Å². The summed E-state index contributed by atoms with van der Waals surface area (Å²) in [5, 5.41) is 16.8. The lowest BCUT2D eigenvalue weighted by Crippen LogP contribution is -2.26. The number of nitrogens with one attached hydrogen (secondary N) is 3. The Kier molecular flexibility index (Phi) is 8.21. The Bertz CT molecular complexity index is 1680. The van der Waals surface area contributed by atoms with E-state index >= 15 is 0 Å². The van der Waals surface area contributed by atoms with Crippen molar-refractivity contribution in [3.63, 3.8) is 0 Å². The zero-order valence-corrected chi connectivity index (χ0v) is 24.3. The Hall–Kier alpha value is -4.21. The molecule has 0 amide bonds. The Labute approximate surface area is 246 Å². The number of nitrogens with zero attached hydrogens (tertiary/aromatic N) is 4. The molecular weight excluding hydrogens is 526 g/mol. The summed E-state index contributed by atoms with van der Waals surface area (Å²) < 4.78 is 0. The van der Waals surface area contributed by atoms with Gasteiger partial charge in [0, 0.05) is 64.2 Å². The van der Waals surface area contributed by atoms with Crippen molar-refractivity contribution in [3.8, 4) is 0 Å². The molecule has 3 N–H and O–H groups in total. The van der Waals surface area contributed by atoms with Gasteiger partial charge in [0.2, 0.25) is 5.82 Å². The van der Waals surface area contributed by atoms with E-state index in [0.29, 0.717) is 6.04 Å². The van der Waals surface area contributed by atoms with Crippen molar-refractivity contribution in [2.45, 2.75) is 50.6 Å². The third kappa shape index (κ3) is 6.03. The number of likely N-dealkylation sites (N-methyl/N-ethyl adjacent to an activating group) is 2. The number of rotatable bonds is 7. The molecule has 0 aliphatic carbocycles. The topological polar surface area (TPSA) is 106 Å². The number of para-hydroxylation sites is 1. The highest BCUT2D eigenvalue weighted by Gasteiger charge is 2.23. The Morgan fingerprint density at radius 3 is 2.17 bits per heavy atom. The highest BCUT2D eigenvalue weighted by molar-refractivity contribution is 5.87. The molecule has 9 nitrogen and oxygen atoms in total. The molecule has 9 heteroatoms. The Morgan fingerprint density at radius 2 is 1.52 bits per heavy atom. The number of hydrogen-bond acceptors (Lipinski definition) is 6. The van der Waals surface area contributed by atoms with Gasteiger partial charge in [0.1, 0.15) is 0 Å². The second-order valence-electron chi connectivity index (χ2n) is 11.6. The molecule has 0 radical (unpaired) electrons. The summed E-state index contributed by atoms with van der Waals surface area (Å²) in [7, 11) is 4.42. The van der Waals surface area contributed by atoms with Crippen LogP contribution in [0.2, 0.25) is 0 Å². The van der Waals surface area contributed by atoms with E-state index in [1.165, 1.54) is 66.7 Å². The Balaban J connectivity index is 0.000000168. The van der Waals surface area contributed by atoms with Gasteiger partial charge in [-0.25, -0.2) is 4.98 Å². The molecule has 2 aromatic carbocycles. The number of fused-ring (bicyclic) bond motifs is 2. The van der Waals surface area contributed by atoms with Crippen molar-refractivity contribution >= 4 is 39.0 Å². The fourth-order valence-electron chi connectivity index (χ4n) is 6.48. The van der Waals surface area contributed by atoms with E-state index in [1.54, 1.807) is 12.3 Å². The lowest BCUT2D eigenvalue weighted by Gasteiger charge is -2.18. The number of aromatic amines is 2. The maximum Gasteiger partial charge on any atom is 0.311 e. The average molecular weight is 566 g/mol. The molecule has 2 fully saturated rings. The van der Waals surface area contributed by atoms with Crippen molar-refractivity contribution in [1.29, 1.82) is 0 Å². The highest BCUT2D eigenvalue weighted by Crippen LogP contribution is 2.30. The number of nitro groups is 1. The zero-order chi connectivity index (χ0) is 29.1. The predicted molar refractivity (Wildman–Crippen MR) is 169 cm³/mol. The van der Waals surface area contributed by atoms with Gasteiger partial charge >= 0.3 is 5.69 Å². The van der Waals surface area contributed by atoms with Crippen molar-refractivity contribution in [2.24, 2.45) is 0 Å². The molecule has 2 aliphatic heterocycles. The third-order valence-corrected chi connectivity index (χ3v) is 8.94. The maximum absolute atomic E-state index is 11.2. The van der Waals surface area contributed by atoms with Crippen LogP contribution in [0.5, 0.6) is 0 Å². The number of hydrogen-bond donors (Lipinski definition) is 3. The summed E-state index contributed by atoms with van der Waals surface area (Å²) >= 11 is 0. The molecular formula is C33H39N7O2. The quantitative estimate of drug-likeness (QED) is 0.151. The van der Waals surface area contributed by atoms with Gasteiger partial charge in [-0.1, -0.05) is 18.2 Å². The standard InChI is InChI=1S/C19H21N5O2.C14H18N2/c1-23-9-3-4-15(23)10-13-12-21-17-7-6-14(11-16(13)17)22-19-18(24(25)26)5-2-8-20-19;1-16-8-4-5-12(16)9-11-10-15-14-7-3-2-6-13(11)14/h2,5-8,11-12,15,21H,3-4,9-10H2,1H3,(H,20,22);2-3,6-7,10,12,15H,4-5,8-9H2,1H3/t15-;12-/m11/s1. The van der Waals surface area contributed by atoms with Crippen LogP contribution in [-0.2, 0) is 12.8 Å². The molecule has 0 spiro atoms. The van der Waals surface area contributed by atoms with E-state index in [4.69, 9.17) is 0 Å². The molecule has 2 saturated heterocycles. The minimum Gasteiger partial charge on any atom is -0.361 e. The normalized spacial score (nSPS) is 19.3. The predicted octanol–water partition coefficient (Wildman–Crippen LogP) is 6.66. The first-order valence-electron chi connectivity index (χ1n) is 14.9. The summed E-state index contributed by atoms with van der Waals surface area (Å²) in [5.41, 5.74) is 5.83. The van der Waals surface area contributed by atoms with Gasteiger partial charge in [0.25, 0.3) is 0 Å². The van der Waals surface area contributed by atoms with Crippen molar-refractivity contribution in [2.75, 3.05) is 32.5 Å². The minimum atomic E-state index is -0.425.